The molecule has 0 amide bonds. The van der Waals surface area contributed by atoms with Crippen LogP contribution in [0.25, 0.3) is 10.8 Å². The molecule has 3 rings (SSSR count). The number of hydrogen-bond acceptors (Lipinski definition) is 6. The highest BCUT2D eigenvalue weighted by atomic mass is 16.5. The van der Waals surface area contributed by atoms with Crippen molar-refractivity contribution in [3.05, 3.63) is 70.6 Å². The zero-order valence-corrected chi connectivity index (χ0v) is 16.6. The summed E-state index contributed by atoms with van der Waals surface area (Å²) in [5.41, 5.74) is 0.538. The van der Waals surface area contributed by atoms with Crippen molar-refractivity contribution in [3.63, 3.8) is 0 Å². The summed E-state index contributed by atoms with van der Waals surface area (Å²) in [6.45, 7) is 2.10. The van der Waals surface area contributed by atoms with Gasteiger partial charge in [0.2, 0.25) is 0 Å². The van der Waals surface area contributed by atoms with Crippen molar-refractivity contribution in [3.8, 4) is 11.5 Å². The van der Waals surface area contributed by atoms with E-state index in [-0.39, 0.29) is 5.56 Å². The molecule has 0 bridgehead atoms. The van der Waals surface area contributed by atoms with Crippen LogP contribution in [0.3, 0.4) is 0 Å². The highest BCUT2D eigenvalue weighted by molar-refractivity contribution is 5.82. The lowest BCUT2D eigenvalue weighted by Crippen LogP contribution is -2.06. The van der Waals surface area contributed by atoms with Crippen molar-refractivity contribution in [1.82, 2.24) is 4.98 Å². The number of aromatic nitrogens is 1. The molecule has 1 N–H and O–H groups in total. The Hall–Kier alpha value is -3.16. The van der Waals surface area contributed by atoms with E-state index in [2.05, 4.69) is 4.98 Å². The highest BCUT2D eigenvalue weighted by Crippen LogP contribution is 2.17. The van der Waals surface area contributed by atoms with Crippen LogP contribution in [0.2, 0.25) is 0 Å². The summed E-state index contributed by atoms with van der Waals surface area (Å²) < 4.78 is 20.5. The largest absolute Gasteiger partial charge is 0.491 e. The number of aldehydes is 1. The van der Waals surface area contributed by atoms with Crippen LogP contribution in [0.4, 0.5) is 0 Å². The van der Waals surface area contributed by atoms with Gasteiger partial charge in [0.25, 0.3) is 5.56 Å². The van der Waals surface area contributed by atoms with Gasteiger partial charge in [0.05, 0.1) is 13.2 Å². The van der Waals surface area contributed by atoms with Gasteiger partial charge in [-0.05, 0) is 41.8 Å². The highest BCUT2D eigenvalue weighted by Gasteiger charge is 2.00. The lowest BCUT2D eigenvalue weighted by Gasteiger charge is -2.06. The maximum atomic E-state index is 11.4. The first-order valence-corrected chi connectivity index (χ1v) is 9.08. The van der Waals surface area contributed by atoms with Crippen LogP contribution in [-0.2, 0) is 9.47 Å². The Kier molecular flexibility index (Phi) is 9.41. The Bertz CT molecular complexity index is 953. The molecule has 0 spiro atoms. The first-order valence-electron chi connectivity index (χ1n) is 9.08. The Morgan fingerprint density at radius 3 is 2.21 bits per heavy atom. The summed E-state index contributed by atoms with van der Waals surface area (Å²) >= 11 is 0. The third-order valence-corrected chi connectivity index (χ3v) is 3.85. The van der Waals surface area contributed by atoms with Gasteiger partial charge in [0.1, 0.15) is 31.0 Å². The molecule has 0 aliphatic heterocycles. The molecule has 154 valence electrons. The molecule has 3 aromatic rings. The second-order valence-electron chi connectivity index (χ2n) is 5.93. The average Bonchev–Trinajstić information content (AvgIpc) is 2.75. The fraction of sp³-hybridized carbons (Fsp3) is 0.273. The van der Waals surface area contributed by atoms with Crippen LogP contribution >= 0.6 is 0 Å². The summed E-state index contributed by atoms with van der Waals surface area (Å²) in [6, 6.07) is 14.3. The molecule has 0 aliphatic rings. The summed E-state index contributed by atoms with van der Waals surface area (Å²) in [5.74, 6) is 1.44. The number of H-pyrrole nitrogens is 1. The standard InChI is InChI=1S/C12H13NO3.C10H12O3/c1-15-6-7-16-10-2-3-11-9(8-10)4-5-13-12(11)14;1-12-5-6-13-10-4-2-3-9(7-10)8-11/h2-5,8H,6-7H2,1H3,(H,13,14);2-4,7-8H,5-6H2,1H3. The number of nitrogens with one attached hydrogen (secondary N) is 1. The minimum atomic E-state index is -0.0825. The Morgan fingerprint density at radius 2 is 1.55 bits per heavy atom. The van der Waals surface area contributed by atoms with E-state index in [1.165, 1.54) is 0 Å². The summed E-state index contributed by atoms with van der Waals surface area (Å²) in [7, 11) is 3.24. The Labute approximate surface area is 169 Å². The van der Waals surface area contributed by atoms with E-state index in [0.29, 0.717) is 43.1 Å². The molecular weight excluding hydrogens is 374 g/mol. The van der Waals surface area contributed by atoms with Crippen LogP contribution in [0.5, 0.6) is 11.5 Å². The van der Waals surface area contributed by atoms with Gasteiger partial charge in [0, 0.05) is 31.4 Å². The normalized spacial score (nSPS) is 10.1. The van der Waals surface area contributed by atoms with Crippen molar-refractivity contribution in [2.45, 2.75) is 0 Å². The van der Waals surface area contributed by atoms with Crippen molar-refractivity contribution in [2.75, 3.05) is 40.6 Å². The molecule has 7 heteroatoms. The molecule has 1 heterocycles. The van der Waals surface area contributed by atoms with Gasteiger partial charge in [-0.25, -0.2) is 0 Å². The molecular formula is C22H25NO6. The van der Waals surface area contributed by atoms with Crippen LogP contribution in [0.1, 0.15) is 10.4 Å². The van der Waals surface area contributed by atoms with Crippen LogP contribution in [-0.4, -0.2) is 51.9 Å². The van der Waals surface area contributed by atoms with E-state index in [4.69, 9.17) is 18.9 Å². The number of ether oxygens (including phenoxy) is 4. The lowest BCUT2D eigenvalue weighted by molar-refractivity contribution is 0.112. The van der Waals surface area contributed by atoms with E-state index in [1.54, 1.807) is 50.7 Å². The quantitative estimate of drug-likeness (QED) is 0.440. The molecule has 29 heavy (non-hydrogen) atoms. The zero-order valence-electron chi connectivity index (χ0n) is 16.6. The SMILES string of the molecule is COCCOc1ccc2c(=O)[nH]ccc2c1.COCCOc1cccc(C=O)c1. The van der Waals surface area contributed by atoms with Crippen molar-refractivity contribution in [1.29, 1.82) is 0 Å². The Morgan fingerprint density at radius 1 is 0.862 bits per heavy atom. The molecule has 0 unspecified atom stereocenters. The number of carbonyl (C=O) groups is 1. The predicted octanol–water partition coefficient (Wildman–Crippen LogP) is 3.08. The fourth-order valence-corrected chi connectivity index (χ4v) is 2.42. The van der Waals surface area contributed by atoms with E-state index in [1.807, 2.05) is 18.2 Å². The number of aromatic amines is 1. The molecule has 0 saturated heterocycles. The smallest absolute Gasteiger partial charge is 0.255 e. The van der Waals surface area contributed by atoms with Gasteiger partial charge in [-0.3, -0.25) is 9.59 Å². The second-order valence-corrected chi connectivity index (χ2v) is 5.93. The lowest BCUT2D eigenvalue weighted by atomic mass is 10.2. The Balaban J connectivity index is 0.000000212. The van der Waals surface area contributed by atoms with Gasteiger partial charge in [-0.2, -0.15) is 0 Å². The maximum absolute atomic E-state index is 11.4. The molecule has 7 nitrogen and oxygen atoms in total. The number of benzene rings is 2. The van der Waals surface area contributed by atoms with Gasteiger partial charge in [-0.15, -0.1) is 0 Å². The number of fused-ring (bicyclic) bond motifs is 1. The fourth-order valence-electron chi connectivity index (χ4n) is 2.42. The number of hydrogen-bond donors (Lipinski definition) is 1. The van der Waals surface area contributed by atoms with E-state index in [0.717, 1.165) is 17.4 Å². The molecule has 0 atom stereocenters. The van der Waals surface area contributed by atoms with Gasteiger partial charge < -0.3 is 23.9 Å². The molecule has 0 saturated carbocycles. The van der Waals surface area contributed by atoms with Crippen LogP contribution in [0, 0.1) is 0 Å². The second kappa shape index (κ2) is 12.3. The van der Waals surface area contributed by atoms with E-state index < -0.39 is 0 Å². The topological polar surface area (TPSA) is 86.8 Å². The van der Waals surface area contributed by atoms with Gasteiger partial charge in [0.15, 0.2) is 0 Å². The number of rotatable bonds is 9. The van der Waals surface area contributed by atoms with E-state index in [9.17, 15) is 9.59 Å². The first kappa shape index (κ1) is 22.1. The van der Waals surface area contributed by atoms with Crippen LogP contribution in [0.15, 0.2) is 59.5 Å². The van der Waals surface area contributed by atoms with Gasteiger partial charge in [-0.1, -0.05) is 12.1 Å². The molecule has 0 fully saturated rings. The average molecular weight is 399 g/mol. The third-order valence-electron chi connectivity index (χ3n) is 3.85. The molecule has 2 aromatic carbocycles. The number of carbonyl (C=O) groups excluding carboxylic acids is 1. The first-order chi connectivity index (χ1) is 14.2. The zero-order chi connectivity index (χ0) is 20.9. The summed E-state index contributed by atoms with van der Waals surface area (Å²) in [4.78, 5) is 24.5. The minimum absolute atomic E-state index is 0.0825. The third kappa shape index (κ3) is 7.40. The molecule has 0 radical (unpaired) electrons. The molecule has 1 aromatic heterocycles. The number of methoxy groups -OCH3 is 2. The summed E-state index contributed by atoms with van der Waals surface area (Å²) in [5, 5.41) is 1.54. The maximum Gasteiger partial charge on any atom is 0.255 e. The van der Waals surface area contributed by atoms with Crippen molar-refractivity contribution in [2.24, 2.45) is 0 Å². The van der Waals surface area contributed by atoms with Gasteiger partial charge >= 0.3 is 0 Å². The molecule has 0 aliphatic carbocycles. The van der Waals surface area contributed by atoms with Crippen molar-refractivity contribution < 1.29 is 23.7 Å². The van der Waals surface area contributed by atoms with Crippen LogP contribution < -0.4 is 15.0 Å². The predicted molar refractivity (Wildman–Crippen MR) is 111 cm³/mol. The summed E-state index contributed by atoms with van der Waals surface area (Å²) in [6.07, 6.45) is 2.42. The van der Waals surface area contributed by atoms with E-state index >= 15 is 0 Å². The van der Waals surface area contributed by atoms with Crippen molar-refractivity contribution >= 4 is 17.1 Å². The minimum Gasteiger partial charge on any atom is -0.491 e. The number of pyridine rings is 1. The monoisotopic (exact) mass is 399 g/mol.